The Kier molecular flexibility index (Phi) is 8.61. The number of hydrogen-bond acceptors (Lipinski definition) is 7. The number of carbonyl (C=O) groups is 1. The Morgan fingerprint density at radius 2 is 1.77 bits per heavy atom. The molecule has 12 heteroatoms. The Morgan fingerprint density at radius 3 is 2.39 bits per heavy atom. The number of amides is 1. The van der Waals surface area contributed by atoms with E-state index in [9.17, 15) is 19.6 Å². The number of aromatic nitrogens is 2. The van der Waals surface area contributed by atoms with Gasteiger partial charge in [0.05, 0.1) is 34.7 Å². The average molecular weight is 643 g/mol. The number of rotatable bonds is 10. The number of alkyl halides is 1. The minimum absolute atomic E-state index is 0.0538. The van der Waals surface area contributed by atoms with Gasteiger partial charge >= 0.3 is 0 Å². The van der Waals surface area contributed by atoms with Crippen molar-refractivity contribution in [2.24, 2.45) is 5.41 Å². The predicted octanol–water partition coefficient (Wildman–Crippen LogP) is 6.04. The van der Waals surface area contributed by atoms with Gasteiger partial charge in [-0.2, -0.15) is 5.26 Å². The van der Waals surface area contributed by atoms with Crippen molar-refractivity contribution >= 4 is 29.1 Å². The second-order valence-electron chi connectivity index (χ2n) is 11.7. The molecule has 1 unspecified atom stereocenters. The summed E-state index contributed by atoms with van der Waals surface area (Å²) < 4.78 is 37.6. The molecule has 2 fully saturated rings. The van der Waals surface area contributed by atoms with Crippen LogP contribution in [0.2, 0.25) is 10.0 Å². The molecule has 6 rings (SSSR count). The van der Waals surface area contributed by atoms with Crippen molar-refractivity contribution in [1.29, 1.82) is 5.26 Å². The maximum atomic E-state index is 16.9. The highest BCUT2D eigenvalue weighted by Gasteiger charge is 2.61. The van der Waals surface area contributed by atoms with Gasteiger partial charge in [-0.05, 0) is 60.9 Å². The lowest BCUT2D eigenvalue weighted by molar-refractivity contribution is -0.248. The Bertz CT molecular complexity index is 1570. The number of nitriles is 1. The summed E-state index contributed by atoms with van der Waals surface area (Å²) in [5.41, 5.74) is -0.501. The number of fused-ring (bicyclic) bond motifs is 1. The van der Waals surface area contributed by atoms with Crippen molar-refractivity contribution in [3.63, 3.8) is 0 Å². The molecular formula is C32H31Cl2F2N5O3. The van der Waals surface area contributed by atoms with E-state index in [1.54, 1.807) is 24.3 Å². The van der Waals surface area contributed by atoms with Crippen LogP contribution in [0.25, 0.3) is 11.1 Å². The summed E-state index contributed by atoms with van der Waals surface area (Å²) in [6, 6.07) is 12.0. The van der Waals surface area contributed by atoms with E-state index in [0.717, 1.165) is 5.56 Å². The van der Waals surface area contributed by atoms with E-state index in [1.165, 1.54) is 12.4 Å². The van der Waals surface area contributed by atoms with Crippen LogP contribution in [0.5, 0.6) is 0 Å². The van der Waals surface area contributed by atoms with Crippen molar-refractivity contribution in [2.45, 2.75) is 56.5 Å². The molecule has 3 aromatic rings. The highest BCUT2D eigenvalue weighted by atomic mass is 35.5. The third-order valence-electron chi connectivity index (χ3n) is 8.96. The molecule has 2 atom stereocenters. The summed E-state index contributed by atoms with van der Waals surface area (Å²) in [6.45, 7) is 0.172. The topological polar surface area (TPSA) is 103 Å². The summed E-state index contributed by atoms with van der Waals surface area (Å²) in [5, 5.41) is 21.0. The minimum atomic E-state index is -1.99. The number of benzene rings is 2. The Labute approximate surface area is 264 Å². The largest absolute Gasteiger partial charge is 0.396 e. The summed E-state index contributed by atoms with van der Waals surface area (Å²) in [7, 11) is 0. The first-order valence-electron chi connectivity index (χ1n) is 14.6. The van der Waals surface area contributed by atoms with Gasteiger partial charge in [0.15, 0.2) is 0 Å². The van der Waals surface area contributed by atoms with E-state index in [-0.39, 0.29) is 55.1 Å². The van der Waals surface area contributed by atoms with Gasteiger partial charge in [-0.25, -0.2) is 14.4 Å². The van der Waals surface area contributed by atoms with E-state index in [2.05, 4.69) is 16.0 Å². The molecule has 44 heavy (non-hydrogen) atoms. The van der Waals surface area contributed by atoms with Crippen LogP contribution in [0.3, 0.4) is 0 Å². The van der Waals surface area contributed by atoms with Gasteiger partial charge in [0.2, 0.25) is 5.72 Å². The van der Waals surface area contributed by atoms with Gasteiger partial charge in [0, 0.05) is 49.1 Å². The van der Waals surface area contributed by atoms with E-state index in [0.29, 0.717) is 52.9 Å². The van der Waals surface area contributed by atoms with Crippen molar-refractivity contribution in [2.75, 3.05) is 26.3 Å². The van der Waals surface area contributed by atoms with Crippen LogP contribution >= 0.6 is 23.2 Å². The number of hydrogen-bond donors (Lipinski definition) is 1. The number of carbonyl (C=O) groups excluding carboxylic acids is 1. The molecule has 0 radical (unpaired) electrons. The fourth-order valence-corrected chi connectivity index (χ4v) is 6.60. The quantitative estimate of drug-likeness (QED) is 0.269. The van der Waals surface area contributed by atoms with Crippen molar-refractivity contribution < 1.29 is 23.5 Å². The van der Waals surface area contributed by atoms with Crippen molar-refractivity contribution in [1.82, 2.24) is 20.0 Å². The van der Waals surface area contributed by atoms with Gasteiger partial charge in [-0.1, -0.05) is 51.9 Å². The lowest BCUT2D eigenvalue weighted by Gasteiger charge is -2.47. The molecule has 1 N–H and O–H groups in total. The number of halogens is 4. The summed E-state index contributed by atoms with van der Waals surface area (Å²) in [5.74, 6) is -0.544. The van der Waals surface area contributed by atoms with Gasteiger partial charge in [0.25, 0.3) is 5.91 Å². The van der Waals surface area contributed by atoms with Crippen LogP contribution in [0.4, 0.5) is 8.87 Å². The molecule has 3 aliphatic rings. The lowest BCUT2D eigenvalue weighted by atomic mass is 9.84. The van der Waals surface area contributed by atoms with Crippen LogP contribution in [0.15, 0.2) is 48.8 Å². The van der Waals surface area contributed by atoms with Crippen LogP contribution < -0.4 is 0 Å². The maximum absolute atomic E-state index is 16.9. The molecule has 1 amide bonds. The molecule has 2 aliphatic heterocycles. The van der Waals surface area contributed by atoms with Crippen LogP contribution in [-0.4, -0.2) is 69.5 Å². The first kappa shape index (κ1) is 30.8. The number of nitrogens with zero attached hydrogens (tertiary/aromatic N) is 5. The van der Waals surface area contributed by atoms with E-state index in [4.69, 9.17) is 27.9 Å². The molecule has 3 heterocycles. The van der Waals surface area contributed by atoms with Gasteiger partial charge in [-0.15, -0.1) is 5.12 Å². The van der Waals surface area contributed by atoms with Crippen LogP contribution in [0, 0.1) is 16.7 Å². The summed E-state index contributed by atoms with van der Waals surface area (Å²) in [6.07, 6.45) is 3.72. The van der Waals surface area contributed by atoms with E-state index >= 15 is 4.48 Å². The number of likely N-dealkylation sites (tertiary alicyclic amines) is 1. The zero-order valence-corrected chi connectivity index (χ0v) is 25.4. The first-order valence-corrected chi connectivity index (χ1v) is 15.4. The molecule has 1 aromatic heterocycles. The maximum Gasteiger partial charge on any atom is 0.285 e. The smallest absolute Gasteiger partial charge is 0.285 e. The second-order valence-corrected chi connectivity index (χ2v) is 12.6. The monoisotopic (exact) mass is 641 g/mol. The molecule has 8 nitrogen and oxygen atoms in total. The number of aliphatic hydroxyl groups is 1. The SMILES string of the molecule is N#CC1(CO[C@@]2(C(CCO)N3CCC(F)CC3)c3ccc(-c4ccc(Cl)cc4)c(Cc4ncc(Cl)cn4)c3C(=O)N2F)CC1. The van der Waals surface area contributed by atoms with E-state index in [1.807, 2.05) is 17.0 Å². The van der Waals surface area contributed by atoms with Gasteiger partial charge in [-0.3, -0.25) is 9.69 Å². The lowest BCUT2D eigenvalue weighted by Crippen LogP contribution is -2.60. The molecule has 230 valence electrons. The molecule has 0 spiro atoms. The molecule has 1 aliphatic carbocycles. The Balaban J connectivity index is 1.55. The van der Waals surface area contributed by atoms with Crippen molar-refractivity contribution in [3.8, 4) is 17.2 Å². The Hall–Kier alpha value is -3.20. The van der Waals surface area contributed by atoms with E-state index < -0.39 is 29.3 Å². The van der Waals surface area contributed by atoms with Crippen LogP contribution in [0.1, 0.15) is 59.4 Å². The zero-order valence-electron chi connectivity index (χ0n) is 23.9. The van der Waals surface area contributed by atoms with Crippen molar-refractivity contribution in [3.05, 3.63) is 81.4 Å². The highest BCUT2D eigenvalue weighted by molar-refractivity contribution is 6.30. The number of ether oxygens (including phenoxy) is 1. The molecule has 0 bridgehead atoms. The number of piperidine rings is 1. The molecule has 1 saturated carbocycles. The first-order chi connectivity index (χ1) is 21.2. The highest BCUT2D eigenvalue weighted by Crippen LogP contribution is 2.52. The second kappa shape index (κ2) is 12.3. The summed E-state index contributed by atoms with van der Waals surface area (Å²) in [4.78, 5) is 24.7. The third-order valence-corrected chi connectivity index (χ3v) is 9.41. The standard InChI is InChI=1S/C32H31Cl2F2N5O3/c33-21-3-1-20(2-4-21)24-5-6-26-29(25(24)15-28-38-16-22(34)17-39-28)30(43)41(36)32(26,44-19-31(18-37)10-11-31)27(9-14-42)40-12-7-23(35)8-13-40/h1-6,16-17,23,27,42H,7-15,19H2/t27?,32-/m1/s1. The normalized spacial score (nSPS) is 22.1. The summed E-state index contributed by atoms with van der Waals surface area (Å²) >= 11 is 12.2. The average Bonchev–Trinajstić information content (AvgIpc) is 3.79. The van der Waals surface area contributed by atoms with Gasteiger partial charge in [0.1, 0.15) is 12.0 Å². The van der Waals surface area contributed by atoms with Crippen LogP contribution in [-0.2, 0) is 16.9 Å². The molecule has 2 aromatic carbocycles. The fraction of sp³-hybridized carbons (Fsp3) is 0.438. The third kappa shape index (κ3) is 5.57. The minimum Gasteiger partial charge on any atom is -0.396 e. The Morgan fingerprint density at radius 1 is 1.09 bits per heavy atom. The van der Waals surface area contributed by atoms with Gasteiger partial charge < -0.3 is 9.84 Å². The molecular weight excluding hydrogens is 611 g/mol. The zero-order chi connectivity index (χ0) is 31.1. The fourth-order valence-electron chi connectivity index (χ4n) is 6.37. The number of aliphatic hydroxyl groups excluding tert-OH is 1. The predicted molar refractivity (Wildman–Crippen MR) is 160 cm³/mol. The molecule has 1 saturated heterocycles.